The number of carbonyl (C=O) groups excluding carboxylic acids is 1. The van der Waals surface area contributed by atoms with Gasteiger partial charge in [-0.05, 0) is 30.8 Å². The van der Waals surface area contributed by atoms with E-state index in [1.165, 1.54) is 0 Å². The maximum atomic E-state index is 11.6. The largest absolute Gasteiger partial charge is 0.491 e. The number of benzene rings is 1. The number of aromatic nitrogens is 2. The normalized spacial score (nSPS) is 11.9. The third-order valence-corrected chi connectivity index (χ3v) is 8.57. The molecular formula is C19H30N4O3Si. The minimum absolute atomic E-state index is 0.337. The quantitative estimate of drug-likeness (QED) is 0.368. The molecule has 0 aliphatic heterocycles. The smallest absolute Gasteiger partial charge is 0.248 e. The lowest BCUT2D eigenvalue weighted by Gasteiger charge is -2.26. The van der Waals surface area contributed by atoms with Crippen molar-refractivity contribution in [2.75, 3.05) is 18.9 Å². The third-order valence-electron chi connectivity index (χ3n) is 4.84. The molecule has 0 saturated carbocycles. The van der Waals surface area contributed by atoms with Gasteiger partial charge in [-0.1, -0.05) is 19.9 Å². The van der Waals surface area contributed by atoms with Gasteiger partial charge in [0.1, 0.15) is 11.3 Å². The van der Waals surface area contributed by atoms with E-state index in [9.17, 15) is 4.79 Å². The van der Waals surface area contributed by atoms with Crippen molar-refractivity contribution < 1.29 is 14.0 Å². The molecule has 2 aromatic rings. The van der Waals surface area contributed by atoms with E-state index in [-0.39, 0.29) is 0 Å². The number of nitrogens with two attached hydrogens (primary N) is 2. The second-order valence-corrected chi connectivity index (χ2v) is 12.0. The van der Waals surface area contributed by atoms with Crippen LogP contribution in [0.4, 0.5) is 5.95 Å². The molecule has 0 aliphatic rings. The maximum absolute atomic E-state index is 11.6. The van der Waals surface area contributed by atoms with Crippen LogP contribution in [0, 0.1) is 0 Å². The number of nitrogens with zero attached hydrogens (tertiary/aromatic N) is 2. The number of allylic oxidation sites excluding steroid dienone is 1. The number of rotatable bonds is 10. The van der Waals surface area contributed by atoms with E-state index in [1.807, 2.05) is 0 Å². The molecule has 27 heavy (non-hydrogen) atoms. The Kier molecular flexibility index (Phi) is 6.67. The van der Waals surface area contributed by atoms with Crippen LogP contribution in [0.1, 0.15) is 30.6 Å². The van der Waals surface area contributed by atoms with Crippen LogP contribution in [0.15, 0.2) is 24.8 Å². The molecule has 0 atom stereocenters. The van der Waals surface area contributed by atoms with Gasteiger partial charge in [0, 0.05) is 25.1 Å². The zero-order valence-corrected chi connectivity index (χ0v) is 17.6. The van der Waals surface area contributed by atoms with E-state index in [2.05, 4.69) is 38.5 Å². The SMILES string of the molecule is C=CCn1c(N)nc2cc(C(N)=O)cc(OCCCO[Si](C)(C)C(C)C)c21. The summed E-state index contributed by atoms with van der Waals surface area (Å²) in [6.45, 7) is 14.2. The van der Waals surface area contributed by atoms with Crippen LogP contribution in [0.3, 0.4) is 0 Å². The van der Waals surface area contributed by atoms with Crippen LogP contribution < -0.4 is 16.2 Å². The highest BCUT2D eigenvalue weighted by Gasteiger charge is 2.26. The van der Waals surface area contributed by atoms with E-state index in [0.717, 1.165) is 11.9 Å². The fourth-order valence-electron chi connectivity index (χ4n) is 2.56. The Bertz CT molecular complexity index is 830. The number of nitrogen functional groups attached to an aromatic ring is 1. The predicted molar refractivity (Wildman–Crippen MR) is 112 cm³/mol. The van der Waals surface area contributed by atoms with E-state index in [4.69, 9.17) is 20.6 Å². The van der Waals surface area contributed by atoms with E-state index in [1.54, 1.807) is 22.8 Å². The number of fused-ring (bicyclic) bond motifs is 1. The van der Waals surface area contributed by atoms with Crippen LogP contribution in [0.5, 0.6) is 5.75 Å². The lowest BCUT2D eigenvalue weighted by atomic mass is 10.1. The molecule has 8 heteroatoms. The summed E-state index contributed by atoms with van der Waals surface area (Å²) in [7, 11) is -1.65. The Morgan fingerprint density at radius 1 is 1.37 bits per heavy atom. The second-order valence-electron chi connectivity index (χ2n) is 7.38. The van der Waals surface area contributed by atoms with Crippen molar-refractivity contribution >= 4 is 31.2 Å². The Hall–Kier alpha value is -2.32. The van der Waals surface area contributed by atoms with Gasteiger partial charge in [0.15, 0.2) is 8.32 Å². The fourth-order valence-corrected chi connectivity index (χ4v) is 3.56. The Morgan fingerprint density at radius 3 is 2.67 bits per heavy atom. The van der Waals surface area contributed by atoms with Crippen molar-refractivity contribution in [2.45, 2.75) is 45.4 Å². The molecule has 0 unspecified atom stereocenters. The molecule has 1 amide bonds. The van der Waals surface area contributed by atoms with Gasteiger partial charge in [0.2, 0.25) is 11.9 Å². The molecule has 0 saturated heterocycles. The summed E-state index contributed by atoms with van der Waals surface area (Å²) in [4.78, 5) is 16.0. The van der Waals surface area contributed by atoms with Crippen LogP contribution in [0.25, 0.3) is 11.0 Å². The number of hydrogen-bond donors (Lipinski definition) is 2. The van der Waals surface area contributed by atoms with Gasteiger partial charge >= 0.3 is 0 Å². The first-order valence-corrected chi connectivity index (χ1v) is 12.1. The molecule has 1 aromatic heterocycles. The lowest BCUT2D eigenvalue weighted by molar-refractivity contribution is 0.1000. The number of ether oxygens (including phenoxy) is 1. The van der Waals surface area contributed by atoms with E-state index < -0.39 is 14.2 Å². The Labute approximate surface area is 161 Å². The highest BCUT2D eigenvalue weighted by atomic mass is 28.4. The summed E-state index contributed by atoms with van der Waals surface area (Å²) in [5, 5.41) is 0. The number of amides is 1. The maximum Gasteiger partial charge on any atom is 0.248 e. The first-order valence-electron chi connectivity index (χ1n) is 9.14. The Morgan fingerprint density at radius 2 is 2.07 bits per heavy atom. The van der Waals surface area contributed by atoms with Crippen LogP contribution >= 0.6 is 0 Å². The number of anilines is 1. The van der Waals surface area contributed by atoms with E-state index >= 15 is 0 Å². The standard InChI is InChI=1S/C19H30N4O3Si/c1-6-8-23-17-15(22-19(23)21)11-14(18(20)24)12-16(17)25-9-7-10-26-27(4,5)13(2)3/h6,11-13H,1,7-10H2,2-5H3,(H2,20,24)(H2,21,22). The van der Waals surface area contributed by atoms with Crippen molar-refractivity contribution in [3.8, 4) is 5.75 Å². The molecule has 7 nitrogen and oxygen atoms in total. The molecule has 0 fully saturated rings. The first kappa shape index (κ1) is 21.0. The molecule has 0 radical (unpaired) electrons. The first-order chi connectivity index (χ1) is 12.7. The van der Waals surface area contributed by atoms with Gasteiger partial charge in [-0.2, -0.15) is 0 Å². The van der Waals surface area contributed by atoms with Crippen molar-refractivity contribution in [1.29, 1.82) is 0 Å². The zero-order valence-electron chi connectivity index (χ0n) is 16.6. The van der Waals surface area contributed by atoms with Gasteiger partial charge in [-0.25, -0.2) is 4.98 Å². The van der Waals surface area contributed by atoms with Gasteiger partial charge in [0.05, 0.1) is 12.1 Å². The average molecular weight is 391 g/mol. The van der Waals surface area contributed by atoms with Crippen molar-refractivity contribution in [2.24, 2.45) is 5.73 Å². The highest BCUT2D eigenvalue weighted by molar-refractivity contribution is 6.72. The summed E-state index contributed by atoms with van der Waals surface area (Å²) < 4.78 is 13.8. The van der Waals surface area contributed by atoms with Crippen molar-refractivity contribution in [3.63, 3.8) is 0 Å². The van der Waals surface area contributed by atoms with E-state index in [0.29, 0.717) is 48.1 Å². The van der Waals surface area contributed by atoms with Crippen LogP contribution in [-0.4, -0.2) is 37.0 Å². The van der Waals surface area contributed by atoms with Gasteiger partial charge in [-0.15, -0.1) is 6.58 Å². The molecule has 1 aromatic carbocycles. The number of carbonyl (C=O) groups is 1. The molecule has 2 rings (SSSR count). The molecule has 1 heterocycles. The van der Waals surface area contributed by atoms with Crippen LogP contribution in [-0.2, 0) is 11.0 Å². The summed E-state index contributed by atoms with van der Waals surface area (Å²) in [6, 6.07) is 3.26. The summed E-state index contributed by atoms with van der Waals surface area (Å²) in [5.74, 6) is 0.337. The number of imidazole rings is 1. The topological polar surface area (TPSA) is 105 Å². The van der Waals surface area contributed by atoms with Crippen molar-refractivity contribution in [1.82, 2.24) is 9.55 Å². The molecular weight excluding hydrogens is 360 g/mol. The minimum atomic E-state index is -1.65. The molecule has 0 spiro atoms. The second kappa shape index (κ2) is 8.58. The predicted octanol–water partition coefficient (Wildman–Crippen LogP) is 3.30. The van der Waals surface area contributed by atoms with Gasteiger partial charge < -0.3 is 25.2 Å². The van der Waals surface area contributed by atoms with Gasteiger partial charge in [-0.3, -0.25) is 4.79 Å². The van der Waals surface area contributed by atoms with Gasteiger partial charge in [0.25, 0.3) is 0 Å². The summed E-state index contributed by atoms with van der Waals surface area (Å²) in [6.07, 6.45) is 2.48. The summed E-state index contributed by atoms with van der Waals surface area (Å²) >= 11 is 0. The highest BCUT2D eigenvalue weighted by Crippen LogP contribution is 2.30. The zero-order chi connectivity index (χ0) is 20.2. The molecule has 0 bridgehead atoms. The number of primary amides is 1. The Balaban J connectivity index is 2.18. The minimum Gasteiger partial charge on any atom is -0.491 e. The monoisotopic (exact) mass is 390 g/mol. The van der Waals surface area contributed by atoms with Crippen molar-refractivity contribution in [3.05, 3.63) is 30.4 Å². The number of hydrogen-bond acceptors (Lipinski definition) is 5. The summed E-state index contributed by atoms with van der Waals surface area (Å²) in [5.41, 5.74) is 13.6. The fraction of sp³-hybridized carbons (Fsp3) is 0.474. The van der Waals surface area contributed by atoms with Crippen LogP contribution in [0.2, 0.25) is 18.6 Å². The lowest BCUT2D eigenvalue weighted by Crippen LogP contribution is -2.34. The molecule has 148 valence electrons. The third kappa shape index (κ3) is 4.89. The molecule has 0 aliphatic carbocycles. The molecule has 4 N–H and O–H groups in total. The average Bonchev–Trinajstić information content (AvgIpc) is 2.90.